The summed E-state index contributed by atoms with van der Waals surface area (Å²) in [6.45, 7) is 3.90. The van der Waals surface area contributed by atoms with Crippen LogP contribution in [0.15, 0.2) is 66.7 Å². The first-order valence-electron chi connectivity index (χ1n) is 32.6. The van der Waals surface area contributed by atoms with E-state index in [0.29, 0.717) is 21.6 Å². The molecule has 1 aliphatic carbocycles. The number of halogens is 2. The fourth-order valence-corrected chi connectivity index (χ4v) is 14.0. The summed E-state index contributed by atoms with van der Waals surface area (Å²) < 4.78 is 5.22. The van der Waals surface area contributed by atoms with Gasteiger partial charge in [-0.15, -0.1) is 35.0 Å². The molecule has 534 valence electrons. The molecule has 97 heavy (non-hydrogen) atoms. The molecule has 0 unspecified atom stereocenters. The van der Waals surface area contributed by atoms with Crippen LogP contribution in [-0.4, -0.2) is 270 Å². The highest BCUT2D eigenvalue weighted by atomic mass is 35.5. The number of aromatic nitrogens is 2. The number of benzene rings is 3. The number of ether oxygens (including phenoxy) is 1. The van der Waals surface area contributed by atoms with Crippen molar-refractivity contribution in [3.63, 3.8) is 0 Å². The van der Waals surface area contributed by atoms with E-state index in [1.54, 1.807) is 12.1 Å². The number of carbonyl (C=O) groups excluding carboxylic acids is 7. The SMILES string of the molecule is COc1cc(C[C@@H](O)[C@@H]2NC(=O)[C@@H]3C[C@@H](O)CN3C(=O)[C@H]([C@@H](C)O)NC(=O)[C@@H](NC(=O)c3ccc(-c4nnc(-c5ccc(N6CCN(C7CCCCCC7)CC6)cc5)s4)cc3)C[C@@H](O)CNC(=O)[C@@H]3[C@@H](O)[C@@H](C)CN3C(=O)[C@H]([C@H](O)CCNC(CO)CO)NC2=O)ccc1O.Cl.Cl. The van der Waals surface area contributed by atoms with Crippen LogP contribution in [0.2, 0.25) is 0 Å². The summed E-state index contributed by atoms with van der Waals surface area (Å²) in [5.41, 5.74) is 2.94. The molecule has 4 aliphatic heterocycles. The Morgan fingerprint density at radius 1 is 0.711 bits per heavy atom. The van der Waals surface area contributed by atoms with E-state index in [1.165, 1.54) is 94.2 Å². The summed E-state index contributed by atoms with van der Waals surface area (Å²) in [6, 6.07) is 7.12. The largest absolute Gasteiger partial charge is 0.504 e. The summed E-state index contributed by atoms with van der Waals surface area (Å²) in [7, 11) is 1.27. The van der Waals surface area contributed by atoms with Gasteiger partial charge < -0.3 is 97.3 Å². The molecule has 0 radical (unpaired) electrons. The summed E-state index contributed by atoms with van der Waals surface area (Å²) in [4.78, 5) is 109. The first kappa shape index (κ1) is 77.4. The zero-order chi connectivity index (χ0) is 68.2. The maximum absolute atomic E-state index is 15.0. The van der Waals surface area contributed by atoms with Crippen molar-refractivity contribution in [2.45, 2.75) is 163 Å². The number of aliphatic hydroxyl groups is 8. The molecular weight excluding hydrogens is 1320 g/mol. The first-order chi connectivity index (χ1) is 45.5. The van der Waals surface area contributed by atoms with E-state index in [9.17, 15) is 79.5 Å². The number of nitrogens with one attached hydrogen (secondary N) is 6. The molecule has 4 saturated heterocycles. The van der Waals surface area contributed by atoms with Gasteiger partial charge in [0, 0.05) is 99.4 Å². The number of β-amino-alcohol motifs (C(OH)–C–C–N with tert-alkyl or cyclic N) is 1. The molecular formula is C65H92Cl2N12O17S. The molecule has 3 aromatic carbocycles. The smallest absolute Gasteiger partial charge is 0.251 e. The van der Waals surface area contributed by atoms with Gasteiger partial charge in [0.15, 0.2) is 11.5 Å². The van der Waals surface area contributed by atoms with Crippen molar-refractivity contribution >= 4 is 83.2 Å². The topological polar surface area (TPSA) is 422 Å². The number of phenolic OH excluding ortho intramolecular Hbond substituents is 1. The molecule has 1 aromatic heterocycles. The quantitative estimate of drug-likeness (QED) is 0.0507. The van der Waals surface area contributed by atoms with Crippen LogP contribution in [0.25, 0.3) is 21.1 Å². The Hall–Kier alpha value is -6.91. The van der Waals surface area contributed by atoms with E-state index in [2.05, 4.69) is 64.0 Å². The molecule has 32 heteroatoms. The molecule has 29 nitrogen and oxygen atoms in total. The number of rotatable bonds is 18. The molecule has 9 rings (SSSR count). The Bertz CT molecular complexity index is 3290. The first-order valence-corrected chi connectivity index (χ1v) is 33.4. The number of nitrogens with zero attached hydrogens (tertiary/aromatic N) is 6. The number of fused-ring (bicyclic) bond motifs is 2. The highest BCUT2D eigenvalue weighted by molar-refractivity contribution is 7.17. The average Bonchev–Trinajstić information content (AvgIpc) is 1.70. The van der Waals surface area contributed by atoms with Crippen molar-refractivity contribution in [3.8, 4) is 32.6 Å². The molecule has 0 spiro atoms. The highest BCUT2D eigenvalue weighted by Crippen LogP contribution is 2.34. The minimum Gasteiger partial charge on any atom is -0.504 e. The van der Waals surface area contributed by atoms with E-state index in [-0.39, 0.29) is 67.0 Å². The second kappa shape index (κ2) is 35.7. The minimum absolute atomic E-state index is 0. The number of hydrogen-bond acceptors (Lipinski definition) is 23. The van der Waals surface area contributed by atoms with E-state index >= 15 is 0 Å². The Morgan fingerprint density at radius 2 is 1.32 bits per heavy atom. The van der Waals surface area contributed by atoms with Gasteiger partial charge in [-0.1, -0.05) is 62.1 Å². The number of aliphatic hydroxyl groups excluding tert-OH is 8. The lowest BCUT2D eigenvalue weighted by Gasteiger charge is -2.40. The number of anilines is 1. The second-order valence-corrected chi connectivity index (χ2v) is 26.5. The van der Waals surface area contributed by atoms with E-state index in [0.717, 1.165) is 54.2 Å². The van der Waals surface area contributed by atoms with Gasteiger partial charge >= 0.3 is 0 Å². The van der Waals surface area contributed by atoms with Crippen LogP contribution in [0.4, 0.5) is 5.69 Å². The Balaban J connectivity index is 0.00000663. The van der Waals surface area contributed by atoms with Crippen molar-refractivity contribution in [2.75, 3.05) is 77.6 Å². The van der Waals surface area contributed by atoms with Crippen LogP contribution in [0.5, 0.6) is 11.5 Å². The fourth-order valence-electron chi connectivity index (χ4n) is 13.2. The molecule has 0 bridgehead atoms. The van der Waals surface area contributed by atoms with E-state index in [4.69, 9.17) is 4.74 Å². The number of piperazine rings is 1. The van der Waals surface area contributed by atoms with Crippen molar-refractivity contribution in [3.05, 3.63) is 77.9 Å². The zero-order valence-corrected chi connectivity index (χ0v) is 56.8. The van der Waals surface area contributed by atoms with Crippen molar-refractivity contribution in [2.24, 2.45) is 5.92 Å². The van der Waals surface area contributed by atoms with Gasteiger partial charge in [-0.2, -0.15) is 0 Å². The third-order valence-electron chi connectivity index (χ3n) is 18.7. The van der Waals surface area contributed by atoms with Gasteiger partial charge in [-0.05, 0) is 86.8 Å². The Morgan fingerprint density at radius 3 is 1.94 bits per heavy atom. The number of methoxy groups -OCH3 is 1. The second-order valence-electron chi connectivity index (χ2n) is 25.5. The lowest BCUT2D eigenvalue weighted by Crippen LogP contribution is -2.64. The monoisotopic (exact) mass is 1410 g/mol. The lowest BCUT2D eigenvalue weighted by molar-refractivity contribution is -0.147. The van der Waals surface area contributed by atoms with Gasteiger partial charge in [0.2, 0.25) is 35.4 Å². The summed E-state index contributed by atoms with van der Waals surface area (Å²) in [5.74, 6) is -8.80. The third-order valence-corrected chi connectivity index (χ3v) is 19.7. The fraction of sp³-hybridized carbons (Fsp3) is 0.585. The van der Waals surface area contributed by atoms with Crippen LogP contribution in [-0.2, 0) is 35.2 Å². The molecule has 5 aliphatic rings. The van der Waals surface area contributed by atoms with Crippen LogP contribution >= 0.6 is 36.2 Å². The van der Waals surface area contributed by atoms with Crippen LogP contribution in [0, 0.1) is 5.92 Å². The molecule has 5 fully saturated rings. The third kappa shape index (κ3) is 19.3. The van der Waals surface area contributed by atoms with E-state index in [1.807, 2.05) is 12.1 Å². The summed E-state index contributed by atoms with van der Waals surface area (Å²) >= 11 is 1.35. The maximum atomic E-state index is 15.0. The van der Waals surface area contributed by atoms with Crippen molar-refractivity contribution in [1.29, 1.82) is 0 Å². The molecule has 7 amide bonds. The molecule has 13 atom stereocenters. The minimum atomic E-state index is -2.07. The normalized spacial score (nSPS) is 26.3. The molecule has 15 N–H and O–H groups in total. The number of carbonyl (C=O) groups is 7. The highest BCUT2D eigenvalue weighted by Gasteiger charge is 2.50. The predicted molar refractivity (Wildman–Crippen MR) is 361 cm³/mol. The van der Waals surface area contributed by atoms with Crippen LogP contribution in [0.1, 0.15) is 87.6 Å². The van der Waals surface area contributed by atoms with Crippen LogP contribution in [0.3, 0.4) is 0 Å². The number of aromatic hydroxyl groups is 1. The summed E-state index contributed by atoms with van der Waals surface area (Å²) in [6.07, 6.45) is -4.32. The molecule has 1 saturated carbocycles. The number of phenols is 1. The Labute approximate surface area is 578 Å². The van der Waals surface area contributed by atoms with Crippen molar-refractivity contribution in [1.82, 2.24) is 56.8 Å². The molecule has 5 heterocycles. The molecule has 4 aromatic rings. The number of hydrogen-bond donors (Lipinski definition) is 15. The number of amides is 7. The van der Waals surface area contributed by atoms with Gasteiger partial charge in [0.1, 0.15) is 46.3 Å². The van der Waals surface area contributed by atoms with Crippen molar-refractivity contribution < 1.29 is 84.3 Å². The van der Waals surface area contributed by atoms with Gasteiger partial charge in [0.05, 0.1) is 63.0 Å². The standard InChI is InChI=1S/C65H90N12O17S.2ClH/c1-35-31-77-55(56(35)86)61(91)67-30-44(81)28-46(68-57(87)38-11-13-39(14-12-38)62-72-73-63(95-62)40-15-17-43(18-16-40)75-24-22-74(23-25-75)42-8-6-4-5-7-9-42)58(88)69-52(36(2)80)64(92)76-32-45(82)29-47(76)59(89)70-53(50(85)26-37-10-19-48(83)51(27-37)94-3)60(90)71-54(65(77)93)49(84)20-21-66-41(33-78)34-79;;/h10-19,27,35-36,41-42,44-47,49-50,52-56,66,78-86H,4-9,20-26,28-34H2,1-3H3,(H,67,91)(H,68,87)(H,69,88)(H,70,89)(H,71,90);2*1H/t35-,36+,44+,45+,46-,47-,49+,50+,52-,53-,54-,55-,56-;;/m0../s1. The van der Waals surface area contributed by atoms with Gasteiger partial charge in [0.25, 0.3) is 5.91 Å². The lowest BCUT2D eigenvalue weighted by atomic mass is 9.98. The van der Waals surface area contributed by atoms with Crippen LogP contribution < -0.4 is 41.5 Å². The van der Waals surface area contributed by atoms with Gasteiger partial charge in [-0.25, -0.2) is 0 Å². The Kier molecular flexibility index (Phi) is 28.5. The zero-order valence-electron chi connectivity index (χ0n) is 54.4. The van der Waals surface area contributed by atoms with E-state index < -0.39 is 172 Å². The summed E-state index contributed by atoms with van der Waals surface area (Å²) in [5, 5.41) is 124. The predicted octanol–water partition coefficient (Wildman–Crippen LogP) is -1.44. The average molecular weight is 1420 g/mol. The van der Waals surface area contributed by atoms with Gasteiger partial charge in [-0.3, -0.25) is 38.5 Å². The maximum Gasteiger partial charge on any atom is 0.251 e.